The molecule has 4 heterocycles. The minimum absolute atomic E-state index is 0.0104. The molecular weight excluding hydrogens is 566 g/mol. The Hall–Kier alpha value is -5.14. The van der Waals surface area contributed by atoms with Gasteiger partial charge in [-0.25, -0.2) is 14.5 Å². The van der Waals surface area contributed by atoms with Crippen LogP contribution in [0.3, 0.4) is 0 Å². The minimum Gasteiger partial charge on any atom is -0.467 e. The highest BCUT2D eigenvalue weighted by Crippen LogP contribution is 2.37. The van der Waals surface area contributed by atoms with Crippen LogP contribution >= 0.6 is 0 Å². The summed E-state index contributed by atoms with van der Waals surface area (Å²) in [5, 5.41) is 7.74. The maximum absolute atomic E-state index is 14.5. The van der Waals surface area contributed by atoms with Crippen LogP contribution in [-0.4, -0.2) is 29.1 Å². The van der Waals surface area contributed by atoms with Gasteiger partial charge in [0.05, 0.1) is 48.1 Å². The zero-order valence-corrected chi connectivity index (χ0v) is 21.3. The van der Waals surface area contributed by atoms with E-state index < -0.39 is 41.2 Å². The van der Waals surface area contributed by atoms with Crippen molar-refractivity contribution in [3.05, 3.63) is 118 Å². The predicted octanol–water partition coefficient (Wildman–Crippen LogP) is 6.17. The van der Waals surface area contributed by atoms with E-state index in [0.717, 1.165) is 32.0 Å². The molecule has 0 amide bonds. The summed E-state index contributed by atoms with van der Waals surface area (Å²) in [6.07, 6.45) is -6.85. The van der Waals surface area contributed by atoms with Crippen molar-refractivity contribution in [3.63, 3.8) is 0 Å². The molecule has 8 nitrogen and oxygen atoms in total. The van der Waals surface area contributed by atoms with Crippen LogP contribution in [0.1, 0.15) is 22.6 Å². The molecule has 0 N–H and O–H groups in total. The molecular formula is C28H18F6N6O2. The molecule has 0 fully saturated rings. The lowest BCUT2D eigenvalue weighted by atomic mass is 10.1. The van der Waals surface area contributed by atoms with Gasteiger partial charge in [-0.1, -0.05) is 41.6 Å². The predicted molar refractivity (Wildman–Crippen MR) is 138 cm³/mol. The van der Waals surface area contributed by atoms with E-state index in [-0.39, 0.29) is 29.3 Å². The van der Waals surface area contributed by atoms with E-state index >= 15 is 0 Å². The van der Waals surface area contributed by atoms with Crippen LogP contribution in [0.4, 0.5) is 26.3 Å². The van der Waals surface area contributed by atoms with Crippen molar-refractivity contribution >= 4 is 11.2 Å². The number of halogens is 6. The van der Waals surface area contributed by atoms with Crippen molar-refractivity contribution in [2.24, 2.45) is 0 Å². The Morgan fingerprint density at radius 2 is 1.60 bits per heavy atom. The maximum Gasteiger partial charge on any atom is 0.418 e. The second-order valence-electron chi connectivity index (χ2n) is 9.33. The summed E-state index contributed by atoms with van der Waals surface area (Å²) in [5.74, 6) is 0.312. The van der Waals surface area contributed by atoms with Gasteiger partial charge in [0.1, 0.15) is 17.0 Å². The van der Waals surface area contributed by atoms with E-state index in [1.807, 2.05) is 0 Å². The highest BCUT2D eigenvalue weighted by atomic mass is 19.4. The standard InChI is InChI=1S/C28H18F6N6O2/c29-27(30,31)18-8-4-9-20(12-18)40-15-19(36-37-40)14-38-24-22(28(32,33)34)13-23(17-6-2-1-3-7-17)35-25(24)39(26(38)41)16-21-10-5-11-42-21/h1-13,15H,14,16H2. The van der Waals surface area contributed by atoms with Crippen molar-refractivity contribution in [1.82, 2.24) is 29.1 Å². The average molecular weight is 584 g/mol. The van der Waals surface area contributed by atoms with E-state index in [2.05, 4.69) is 15.3 Å². The highest BCUT2D eigenvalue weighted by Gasteiger charge is 2.37. The van der Waals surface area contributed by atoms with Gasteiger partial charge in [0.2, 0.25) is 0 Å². The number of aromatic nitrogens is 6. The molecule has 6 aromatic rings. The molecule has 0 saturated carbocycles. The van der Waals surface area contributed by atoms with Crippen molar-refractivity contribution in [2.75, 3.05) is 0 Å². The second kappa shape index (κ2) is 10.0. The molecule has 6 rings (SSSR count). The topological polar surface area (TPSA) is 83.7 Å². The first kappa shape index (κ1) is 27.1. The van der Waals surface area contributed by atoms with Crippen LogP contribution < -0.4 is 5.69 Å². The number of furan rings is 1. The van der Waals surface area contributed by atoms with E-state index in [0.29, 0.717) is 11.3 Å². The number of rotatable bonds is 6. The molecule has 0 bridgehead atoms. The molecule has 0 saturated heterocycles. The Kier molecular flexibility index (Phi) is 6.47. The molecule has 0 aliphatic rings. The fourth-order valence-corrected chi connectivity index (χ4v) is 4.62. The molecule has 0 atom stereocenters. The minimum atomic E-state index is -4.87. The molecule has 14 heteroatoms. The average Bonchev–Trinajstić information content (AvgIpc) is 3.70. The van der Waals surface area contributed by atoms with Crippen molar-refractivity contribution < 1.29 is 30.8 Å². The fourth-order valence-electron chi connectivity index (χ4n) is 4.62. The van der Waals surface area contributed by atoms with Gasteiger partial charge in [-0.15, -0.1) is 5.10 Å². The number of pyridine rings is 1. The van der Waals surface area contributed by atoms with Crippen molar-refractivity contribution in [2.45, 2.75) is 25.4 Å². The molecule has 0 aliphatic carbocycles. The fraction of sp³-hybridized carbons (Fsp3) is 0.143. The Morgan fingerprint density at radius 3 is 2.29 bits per heavy atom. The SMILES string of the molecule is O=c1n(Cc2ccco2)c2nc(-c3ccccc3)cc(C(F)(F)F)c2n1Cc1cn(-c2cccc(C(F)(F)F)c2)nn1. The monoisotopic (exact) mass is 584 g/mol. The number of hydrogen-bond donors (Lipinski definition) is 0. The van der Waals surface area contributed by atoms with Gasteiger partial charge >= 0.3 is 18.0 Å². The Bertz CT molecular complexity index is 1940. The number of alkyl halides is 6. The largest absolute Gasteiger partial charge is 0.467 e. The summed E-state index contributed by atoms with van der Waals surface area (Å²) >= 11 is 0. The zero-order chi connectivity index (χ0) is 29.6. The summed E-state index contributed by atoms with van der Waals surface area (Å²) in [4.78, 5) is 18.1. The zero-order valence-electron chi connectivity index (χ0n) is 21.3. The number of fused-ring (bicyclic) bond motifs is 1. The normalized spacial score (nSPS) is 12.3. The number of benzene rings is 2. The quantitative estimate of drug-likeness (QED) is 0.219. The highest BCUT2D eigenvalue weighted by molar-refractivity contribution is 5.81. The second-order valence-corrected chi connectivity index (χ2v) is 9.33. The van der Waals surface area contributed by atoms with E-state index in [1.54, 1.807) is 42.5 Å². The third kappa shape index (κ3) is 5.06. The summed E-state index contributed by atoms with van der Waals surface area (Å²) in [5.41, 5.74) is -3.04. The summed E-state index contributed by atoms with van der Waals surface area (Å²) in [6, 6.07) is 16.6. The van der Waals surface area contributed by atoms with Gasteiger partial charge in [-0.05, 0) is 36.4 Å². The van der Waals surface area contributed by atoms with Gasteiger partial charge < -0.3 is 4.42 Å². The smallest absolute Gasteiger partial charge is 0.418 e. The number of hydrogen-bond acceptors (Lipinski definition) is 5. The van der Waals surface area contributed by atoms with Gasteiger partial charge in [0.25, 0.3) is 0 Å². The van der Waals surface area contributed by atoms with Gasteiger partial charge in [0, 0.05) is 5.56 Å². The summed E-state index contributed by atoms with van der Waals surface area (Å²) < 4.78 is 91.5. The van der Waals surface area contributed by atoms with Crippen LogP contribution in [-0.2, 0) is 25.4 Å². The molecule has 42 heavy (non-hydrogen) atoms. The van der Waals surface area contributed by atoms with Crippen LogP contribution in [0, 0.1) is 0 Å². The van der Waals surface area contributed by atoms with Crippen LogP contribution in [0.25, 0.3) is 28.1 Å². The number of imidazole rings is 1. The molecule has 0 radical (unpaired) electrons. The van der Waals surface area contributed by atoms with Gasteiger partial charge in [-0.2, -0.15) is 26.3 Å². The maximum atomic E-state index is 14.5. The first-order chi connectivity index (χ1) is 20.0. The van der Waals surface area contributed by atoms with E-state index in [1.165, 1.54) is 24.6 Å². The number of nitrogens with zero attached hydrogens (tertiary/aromatic N) is 6. The Balaban J connectivity index is 1.51. The van der Waals surface area contributed by atoms with Gasteiger partial charge in [-0.3, -0.25) is 9.13 Å². The first-order valence-corrected chi connectivity index (χ1v) is 12.4. The van der Waals surface area contributed by atoms with Gasteiger partial charge in [0.15, 0.2) is 5.65 Å². The summed E-state index contributed by atoms with van der Waals surface area (Å²) in [6.45, 7) is -0.663. The molecule has 0 aliphatic heterocycles. The lowest BCUT2D eigenvalue weighted by molar-refractivity contribution is -0.138. The Labute approximate surface area is 232 Å². The molecule has 214 valence electrons. The van der Waals surface area contributed by atoms with Crippen molar-refractivity contribution in [3.8, 4) is 16.9 Å². The molecule has 4 aromatic heterocycles. The van der Waals surface area contributed by atoms with Crippen LogP contribution in [0.2, 0.25) is 0 Å². The van der Waals surface area contributed by atoms with E-state index in [4.69, 9.17) is 4.42 Å². The Morgan fingerprint density at radius 1 is 0.810 bits per heavy atom. The summed E-state index contributed by atoms with van der Waals surface area (Å²) in [7, 11) is 0. The van der Waals surface area contributed by atoms with Crippen LogP contribution in [0.5, 0.6) is 0 Å². The van der Waals surface area contributed by atoms with E-state index in [9.17, 15) is 31.1 Å². The molecule has 2 aromatic carbocycles. The third-order valence-corrected chi connectivity index (χ3v) is 6.53. The lowest BCUT2D eigenvalue weighted by Crippen LogP contribution is -2.25. The lowest BCUT2D eigenvalue weighted by Gasteiger charge is -2.12. The van der Waals surface area contributed by atoms with Crippen molar-refractivity contribution in [1.29, 1.82) is 0 Å². The van der Waals surface area contributed by atoms with Crippen LogP contribution in [0.15, 0.2) is 94.5 Å². The third-order valence-electron chi connectivity index (χ3n) is 6.53. The molecule has 0 unspecified atom stereocenters. The molecule has 0 spiro atoms. The first-order valence-electron chi connectivity index (χ1n) is 12.4.